The van der Waals surface area contributed by atoms with E-state index >= 15 is 0 Å². The first-order valence-electron chi connectivity index (χ1n) is 30.5. The summed E-state index contributed by atoms with van der Waals surface area (Å²) in [4.78, 5) is 12.7. The van der Waals surface area contributed by atoms with Crippen LogP contribution in [0.2, 0.25) is 0 Å². The number of fused-ring (bicyclic) bond motifs is 10. The van der Waals surface area contributed by atoms with Gasteiger partial charge in [0.2, 0.25) is 0 Å². The second-order valence-electron chi connectivity index (χ2n) is 23.2. The van der Waals surface area contributed by atoms with Gasteiger partial charge in [0.15, 0.2) is 0 Å². The zero-order valence-electron chi connectivity index (χ0n) is 48.9. The van der Waals surface area contributed by atoms with E-state index in [1.807, 2.05) is 0 Å². The number of benzene rings is 8. The number of nitrogens with zero attached hydrogens (tertiary/aromatic N) is 6. The van der Waals surface area contributed by atoms with Crippen LogP contribution < -0.4 is 4.90 Å². The van der Waals surface area contributed by atoms with Gasteiger partial charge in [-0.25, -0.2) is 9.97 Å². The maximum absolute atomic E-state index is 5.25. The van der Waals surface area contributed by atoms with Gasteiger partial charge < -0.3 is 18.6 Å². The van der Waals surface area contributed by atoms with Crippen LogP contribution >= 0.6 is 0 Å². The number of hydrogen-bond acceptors (Lipinski definition) is 3. The van der Waals surface area contributed by atoms with Crippen molar-refractivity contribution in [1.82, 2.24) is 23.7 Å². The van der Waals surface area contributed by atoms with Crippen molar-refractivity contribution >= 4 is 88.8 Å². The third kappa shape index (κ3) is 9.39. The highest BCUT2D eigenvalue weighted by atomic mass is 15.1. The summed E-state index contributed by atoms with van der Waals surface area (Å²) in [5, 5.41) is 6.38. The molecule has 2 aliphatic rings. The molecule has 0 saturated heterocycles. The Balaban J connectivity index is 0.827. The third-order valence-corrected chi connectivity index (χ3v) is 17.9. The summed E-state index contributed by atoms with van der Waals surface area (Å²) in [6.07, 6.45) is 22.1. The monoisotopic (exact) mass is 1110 g/mol. The minimum Gasteiger partial charge on any atom is -0.344 e. The zero-order chi connectivity index (χ0) is 57.7. The molecule has 0 N–H and O–H groups in total. The Morgan fingerprint density at radius 2 is 1.27 bits per heavy atom. The van der Waals surface area contributed by atoms with E-state index in [-0.39, 0.29) is 6.04 Å². The fourth-order valence-electron chi connectivity index (χ4n) is 13.6. The molecule has 0 bridgehead atoms. The molecular weight excluding hydrogens is 1040 g/mol. The van der Waals surface area contributed by atoms with Crippen LogP contribution in [0.5, 0.6) is 0 Å². The average molecular weight is 1110 g/mol. The SMILES string of the molecule is C/C(=C\CCC(C)n1c2ccccc2c2ccc3c(c4ccccc4n3-c3cccc(N(C)c4cc5c6c(n(C7=CC=CCC(c8cccc(-c9ccccc9)n8)=C7)c5cc4-c4ccccc4)C=CCCC6)c3)c21)c1cccc(-c2ccccc2)n1. The van der Waals surface area contributed by atoms with Crippen LogP contribution in [-0.2, 0) is 6.42 Å². The number of rotatable bonds is 13. The molecule has 15 rings (SSSR count). The highest BCUT2D eigenvalue weighted by Gasteiger charge is 2.26. The Morgan fingerprint density at radius 1 is 0.581 bits per heavy atom. The minimum absolute atomic E-state index is 0.212. The molecule has 0 spiro atoms. The smallest absolute Gasteiger partial charge is 0.0709 e. The number of anilines is 2. The third-order valence-electron chi connectivity index (χ3n) is 17.9. The lowest BCUT2D eigenvalue weighted by atomic mass is 9.98. The average Bonchev–Trinajstić information content (AvgIpc) is 1.69. The van der Waals surface area contributed by atoms with Crippen LogP contribution in [0.1, 0.15) is 74.6 Å². The van der Waals surface area contributed by atoms with Crippen molar-refractivity contribution in [3.8, 4) is 39.3 Å². The largest absolute Gasteiger partial charge is 0.344 e. The number of hydrogen-bond donors (Lipinski definition) is 0. The molecule has 416 valence electrons. The van der Waals surface area contributed by atoms with E-state index in [0.717, 1.165) is 95.2 Å². The van der Waals surface area contributed by atoms with Crippen molar-refractivity contribution in [2.45, 2.75) is 58.4 Å². The maximum Gasteiger partial charge on any atom is 0.0709 e. The van der Waals surface area contributed by atoms with Crippen LogP contribution in [0.4, 0.5) is 11.4 Å². The number of aryl methyl sites for hydroxylation is 1. The van der Waals surface area contributed by atoms with Gasteiger partial charge in [-0.1, -0.05) is 176 Å². The van der Waals surface area contributed by atoms with E-state index in [0.29, 0.717) is 0 Å². The molecule has 8 aromatic carbocycles. The molecule has 2 aliphatic carbocycles. The Morgan fingerprint density at radius 3 is 2.06 bits per heavy atom. The summed E-state index contributed by atoms with van der Waals surface area (Å²) < 4.78 is 7.65. The van der Waals surface area contributed by atoms with E-state index in [1.54, 1.807) is 0 Å². The van der Waals surface area contributed by atoms with Crippen LogP contribution in [-0.4, -0.2) is 30.7 Å². The predicted octanol–water partition coefficient (Wildman–Crippen LogP) is 21.1. The van der Waals surface area contributed by atoms with E-state index in [2.05, 4.69) is 306 Å². The minimum atomic E-state index is 0.212. The van der Waals surface area contributed by atoms with Gasteiger partial charge in [-0.3, -0.25) is 0 Å². The van der Waals surface area contributed by atoms with Crippen LogP contribution in [0, 0.1) is 0 Å². The Kier molecular flexibility index (Phi) is 13.7. The number of allylic oxidation sites excluding steroid dienone is 9. The van der Waals surface area contributed by atoms with Crippen LogP contribution in [0.15, 0.2) is 261 Å². The molecule has 5 aromatic heterocycles. The molecule has 0 saturated carbocycles. The van der Waals surface area contributed by atoms with Crippen LogP contribution in [0.3, 0.4) is 0 Å². The van der Waals surface area contributed by atoms with Gasteiger partial charge in [0.05, 0.1) is 44.8 Å². The Bertz CT molecular complexity index is 4910. The van der Waals surface area contributed by atoms with Gasteiger partial charge in [-0.05, 0) is 166 Å². The first-order valence-corrected chi connectivity index (χ1v) is 30.5. The molecule has 6 nitrogen and oxygen atoms in total. The van der Waals surface area contributed by atoms with Gasteiger partial charge in [0.1, 0.15) is 0 Å². The van der Waals surface area contributed by atoms with E-state index in [1.165, 1.54) is 88.0 Å². The highest BCUT2D eigenvalue weighted by Crippen LogP contribution is 2.46. The topological polar surface area (TPSA) is 43.8 Å². The predicted molar refractivity (Wildman–Crippen MR) is 364 cm³/mol. The first kappa shape index (κ1) is 52.5. The van der Waals surface area contributed by atoms with Gasteiger partial charge in [0.25, 0.3) is 0 Å². The van der Waals surface area contributed by atoms with Gasteiger partial charge in [-0.15, -0.1) is 0 Å². The highest BCUT2D eigenvalue weighted by molar-refractivity contribution is 6.25. The van der Waals surface area contributed by atoms with Gasteiger partial charge in [-0.2, -0.15) is 0 Å². The summed E-state index contributed by atoms with van der Waals surface area (Å²) >= 11 is 0. The fraction of sp³-hybridized carbons (Fsp3) is 0.125. The first-order chi connectivity index (χ1) is 42.4. The van der Waals surface area contributed by atoms with Crippen molar-refractivity contribution in [1.29, 1.82) is 0 Å². The van der Waals surface area contributed by atoms with Crippen molar-refractivity contribution in [3.63, 3.8) is 0 Å². The van der Waals surface area contributed by atoms with Crippen molar-refractivity contribution in [3.05, 3.63) is 284 Å². The quantitative estimate of drug-likeness (QED) is 0.116. The van der Waals surface area contributed by atoms with Gasteiger partial charge in [0, 0.05) is 90.7 Å². The molecule has 0 fully saturated rings. The fourth-order valence-corrected chi connectivity index (χ4v) is 13.6. The van der Waals surface area contributed by atoms with Crippen molar-refractivity contribution in [2.75, 3.05) is 11.9 Å². The molecule has 86 heavy (non-hydrogen) atoms. The Hall–Kier alpha value is -10.3. The molecule has 6 heteroatoms. The van der Waals surface area contributed by atoms with Gasteiger partial charge >= 0.3 is 0 Å². The normalized spacial score (nSPS) is 14.0. The van der Waals surface area contributed by atoms with E-state index in [9.17, 15) is 0 Å². The zero-order valence-corrected chi connectivity index (χ0v) is 48.9. The molecule has 13 aromatic rings. The standard InChI is InChI=1S/C80H66N6/c1-54(69-41-24-42-70(81-69)57-30-10-5-11-31-57)26-22-27-55(2)84-73-46-20-18-39-63(73)65-48-49-76-79(80(65)84)66-40-19-21-47-75(66)85(76)62-37-23-36-60(51-62)83(3)77-53-68-64-38-14-7-15-45-74(64)86(78(68)52-67(77)56-28-8-4-9-29-56)61-35-17-16-34-59(50-61)72-44-25-43-71(82-72)58-32-12-6-13-33-58/h4-6,8-13,15-21,23-26,28-33,35-37,39-53,55H,7,14,22,27,34,38H2,1-3H3/b54-26+. The number of pyridine rings is 2. The lowest BCUT2D eigenvalue weighted by Gasteiger charge is -2.25. The number of aromatic nitrogens is 5. The molecule has 0 amide bonds. The van der Waals surface area contributed by atoms with E-state index in [4.69, 9.17) is 9.97 Å². The molecule has 0 radical (unpaired) electrons. The van der Waals surface area contributed by atoms with E-state index < -0.39 is 0 Å². The lowest BCUT2D eigenvalue weighted by Crippen LogP contribution is -2.11. The molecular formula is C80H66N6. The lowest BCUT2D eigenvalue weighted by molar-refractivity contribution is 0.541. The summed E-state index contributed by atoms with van der Waals surface area (Å²) in [7, 11) is 2.25. The second kappa shape index (κ2) is 22.4. The summed E-state index contributed by atoms with van der Waals surface area (Å²) in [6.45, 7) is 4.60. The Labute approximate surface area is 503 Å². The molecule has 5 heterocycles. The molecule has 0 aliphatic heterocycles. The summed E-state index contributed by atoms with van der Waals surface area (Å²) in [6, 6.07) is 81.7. The maximum atomic E-state index is 5.25. The summed E-state index contributed by atoms with van der Waals surface area (Å²) in [5.41, 5.74) is 24.3. The van der Waals surface area contributed by atoms with Crippen LogP contribution in [0.25, 0.3) is 117 Å². The second-order valence-corrected chi connectivity index (χ2v) is 23.2. The molecule has 1 atom stereocenters. The molecule has 1 unspecified atom stereocenters. The summed E-state index contributed by atoms with van der Waals surface area (Å²) in [5.74, 6) is 0. The van der Waals surface area contributed by atoms with Crippen molar-refractivity contribution in [2.24, 2.45) is 0 Å². The van der Waals surface area contributed by atoms with Crippen molar-refractivity contribution < 1.29 is 0 Å². The number of para-hydroxylation sites is 2.